The van der Waals surface area contributed by atoms with Gasteiger partial charge in [-0.05, 0) is 36.2 Å². The summed E-state index contributed by atoms with van der Waals surface area (Å²) in [7, 11) is -4.14. The lowest BCUT2D eigenvalue weighted by atomic mass is 10.0. The average Bonchev–Trinajstić information content (AvgIpc) is 3.21. The van der Waals surface area contributed by atoms with Crippen molar-refractivity contribution in [3.8, 4) is 0 Å². The van der Waals surface area contributed by atoms with Gasteiger partial charge in [-0.1, -0.05) is 47.5 Å². The van der Waals surface area contributed by atoms with Gasteiger partial charge in [0.05, 0.1) is 21.7 Å². The Morgan fingerprint density at radius 3 is 2.29 bits per heavy atom. The average molecular weight is 539 g/mol. The highest BCUT2D eigenvalue weighted by Crippen LogP contribution is 2.33. The van der Waals surface area contributed by atoms with Gasteiger partial charge in [-0.3, -0.25) is 10.1 Å². The highest BCUT2D eigenvalue weighted by Gasteiger charge is 2.47. The van der Waals surface area contributed by atoms with Crippen LogP contribution in [0.3, 0.4) is 0 Å². The summed E-state index contributed by atoms with van der Waals surface area (Å²) in [4.78, 5) is 25.8. The van der Waals surface area contributed by atoms with Gasteiger partial charge in [-0.15, -0.1) is 0 Å². The topological polar surface area (TPSA) is 104 Å². The molecule has 3 rings (SSSR count). The number of sulfone groups is 1. The number of hydrogen-bond acceptors (Lipinski definition) is 5. The highest BCUT2D eigenvalue weighted by molar-refractivity contribution is 7.92. The van der Waals surface area contributed by atoms with Gasteiger partial charge in [0.15, 0.2) is 9.84 Å². The number of rotatable bonds is 7. The molecule has 0 bridgehead atoms. The first-order valence-corrected chi connectivity index (χ1v) is 12.2. The Morgan fingerprint density at radius 2 is 1.74 bits per heavy atom. The van der Waals surface area contributed by atoms with Crippen molar-refractivity contribution in [2.45, 2.75) is 34.8 Å². The quantitative estimate of drug-likeness (QED) is 0.556. The molecule has 13 heteroatoms. The number of benzene rings is 2. The van der Waals surface area contributed by atoms with Crippen LogP contribution >= 0.6 is 23.2 Å². The van der Waals surface area contributed by atoms with Gasteiger partial charge < -0.3 is 10.0 Å². The molecule has 0 radical (unpaired) electrons. The van der Waals surface area contributed by atoms with Crippen LogP contribution in [0, 0.1) is 0 Å². The van der Waals surface area contributed by atoms with Crippen molar-refractivity contribution in [1.29, 1.82) is 0 Å². The summed E-state index contributed by atoms with van der Waals surface area (Å²) in [5, 5.41) is 10.7. The predicted molar refractivity (Wildman–Crippen MR) is 118 cm³/mol. The van der Waals surface area contributed by atoms with Crippen molar-refractivity contribution in [2.24, 2.45) is 0 Å². The second-order valence-electron chi connectivity index (χ2n) is 7.66. The first kappa shape index (κ1) is 26.3. The minimum atomic E-state index is -4.65. The standard InChI is InChI=1S/C21H19Cl2F3N2O5S/c22-13-7-5-12(6-8-13)18(27-11-21(24,25)26)19(29)28-10-14(9-16(28)20(30)31)34(32,33)17-4-2-1-3-15(17)23/h1-8,14,16,18,27H,9-11H2,(H,30,31)/t14-,16?,18?/m1/s1. The van der Waals surface area contributed by atoms with Crippen LogP contribution in [0.2, 0.25) is 10.0 Å². The fourth-order valence-corrected chi connectivity index (χ4v) is 6.09. The molecule has 2 aromatic rings. The van der Waals surface area contributed by atoms with E-state index in [1.165, 1.54) is 48.5 Å². The van der Waals surface area contributed by atoms with Gasteiger partial charge in [0.25, 0.3) is 0 Å². The number of carboxylic acids is 1. The van der Waals surface area contributed by atoms with Crippen molar-refractivity contribution in [3.05, 3.63) is 64.1 Å². The van der Waals surface area contributed by atoms with E-state index in [2.05, 4.69) is 5.32 Å². The van der Waals surface area contributed by atoms with Crippen LogP contribution in [0.4, 0.5) is 13.2 Å². The Balaban J connectivity index is 1.95. The SMILES string of the molecule is O=C(O)C1C[C@@H](S(=O)(=O)c2ccccc2Cl)CN1C(=O)C(NCC(F)(F)F)c1ccc(Cl)cc1. The maximum absolute atomic E-state index is 13.3. The number of amides is 1. The lowest BCUT2D eigenvalue weighted by molar-refractivity contribution is -0.150. The van der Waals surface area contributed by atoms with Gasteiger partial charge in [0, 0.05) is 11.6 Å². The largest absolute Gasteiger partial charge is 0.480 e. The third-order valence-corrected chi connectivity index (χ3v) is 8.25. The lowest BCUT2D eigenvalue weighted by Crippen LogP contribution is -2.47. The molecule has 184 valence electrons. The Kier molecular flexibility index (Phi) is 7.81. The van der Waals surface area contributed by atoms with E-state index in [0.717, 1.165) is 4.90 Å². The molecule has 1 fully saturated rings. The molecular weight excluding hydrogens is 520 g/mol. The maximum Gasteiger partial charge on any atom is 0.401 e. The predicted octanol–water partition coefficient (Wildman–Crippen LogP) is 3.71. The molecule has 3 atom stereocenters. The zero-order valence-corrected chi connectivity index (χ0v) is 19.6. The third-order valence-electron chi connectivity index (χ3n) is 5.37. The Hall–Kier alpha value is -2.34. The van der Waals surface area contributed by atoms with E-state index in [9.17, 15) is 36.3 Å². The number of aliphatic carboxylic acids is 1. The molecule has 2 N–H and O–H groups in total. The molecule has 34 heavy (non-hydrogen) atoms. The molecule has 1 heterocycles. The number of carboxylic acid groups (broad SMARTS) is 1. The van der Waals surface area contributed by atoms with Crippen molar-refractivity contribution in [3.63, 3.8) is 0 Å². The minimum Gasteiger partial charge on any atom is -0.480 e. The third kappa shape index (κ3) is 5.83. The summed E-state index contributed by atoms with van der Waals surface area (Å²) >= 11 is 11.8. The van der Waals surface area contributed by atoms with Gasteiger partial charge in [-0.25, -0.2) is 13.2 Å². The van der Waals surface area contributed by atoms with E-state index in [-0.39, 0.29) is 20.5 Å². The molecule has 0 aliphatic carbocycles. The normalized spacial score (nSPS) is 19.7. The number of hydrogen-bond donors (Lipinski definition) is 2. The van der Waals surface area contributed by atoms with E-state index < -0.39 is 64.7 Å². The van der Waals surface area contributed by atoms with Crippen LogP contribution < -0.4 is 5.32 Å². The number of likely N-dealkylation sites (tertiary alicyclic amines) is 1. The Bertz CT molecular complexity index is 1180. The van der Waals surface area contributed by atoms with E-state index >= 15 is 0 Å². The van der Waals surface area contributed by atoms with Crippen LogP contribution in [0.25, 0.3) is 0 Å². The molecule has 0 aromatic heterocycles. The summed E-state index contributed by atoms with van der Waals surface area (Å²) in [5.41, 5.74) is 0.111. The fourth-order valence-electron chi connectivity index (χ4n) is 3.74. The molecule has 1 amide bonds. The summed E-state index contributed by atoms with van der Waals surface area (Å²) in [5.74, 6) is -2.48. The van der Waals surface area contributed by atoms with Gasteiger partial charge in [0.1, 0.15) is 12.1 Å². The van der Waals surface area contributed by atoms with E-state index in [4.69, 9.17) is 23.2 Å². The molecule has 1 aliphatic rings. The van der Waals surface area contributed by atoms with Crippen LogP contribution in [0.15, 0.2) is 53.4 Å². The molecule has 2 unspecified atom stereocenters. The first-order valence-electron chi connectivity index (χ1n) is 9.88. The first-order chi connectivity index (χ1) is 15.8. The van der Waals surface area contributed by atoms with Crippen LogP contribution in [-0.2, 0) is 19.4 Å². The molecule has 0 saturated carbocycles. The van der Waals surface area contributed by atoms with Crippen molar-refractivity contribution >= 4 is 44.9 Å². The maximum atomic E-state index is 13.3. The van der Waals surface area contributed by atoms with Crippen molar-refractivity contribution in [1.82, 2.24) is 10.2 Å². The second-order valence-corrected chi connectivity index (χ2v) is 10.7. The zero-order chi connectivity index (χ0) is 25.3. The van der Waals surface area contributed by atoms with E-state index in [1.54, 1.807) is 0 Å². The van der Waals surface area contributed by atoms with Gasteiger partial charge in [-0.2, -0.15) is 13.2 Å². The molecule has 1 saturated heterocycles. The molecule has 1 aliphatic heterocycles. The van der Waals surface area contributed by atoms with Crippen molar-refractivity contribution in [2.75, 3.05) is 13.1 Å². The smallest absolute Gasteiger partial charge is 0.401 e. The van der Waals surface area contributed by atoms with Crippen LogP contribution in [0.5, 0.6) is 0 Å². The Labute approximate surface area is 203 Å². The molecule has 7 nitrogen and oxygen atoms in total. The minimum absolute atomic E-state index is 0.0648. The molecule has 2 aromatic carbocycles. The van der Waals surface area contributed by atoms with Gasteiger partial charge >= 0.3 is 12.1 Å². The summed E-state index contributed by atoms with van der Waals surface area (Å²) < 4.78 is 64.9. The van der Waals surface area contributed by atoms with Gasteiger partial charge in [0.2, 0.25) is 5.91 Å². The van der Waals surface area contributed by atoms with Crippen LogP contribution in [0.1, 0.15) is 18.0 Å². The monoisotopic (exact) mass is 538 g/mol. The highest BCUT2D eigenvalue weighted by atomic mass is 35.5. The second kappa shape index (κ2) is 10.1. The van der Waals surface area contributed by atoms with Crippen molar-refractivity contribution < 1.29 is 36.3 Å². The zero-order valence-electron chi connectivity index (χ0n) is 17.3. The Morgan fingerprint density at radius 1 is 1.12 bits per heavy atom. The number of halogens is 5. The van der Waals surface area contributed by atoms with Crippen LogP contribution in [-0.4, -0.2) is 60.9 Å². The summed E-state index contributed by atoms with van der Waals surface area (Å²) in [6, 6.07) is 7.86. The number of nitrogens with one attached hydrogen (secondary N) is 1. The lowest BCUT2D eigenvalue weighted by Gasteiger charge is -2.28. The molecule has 0 spiro atoms. The number of nitrogens with zero attached hydrogens (tertiary/aromatic N) is 1. The number of alkyl halides is 3. The fraction of sp³-hybridized carbons (Fsp3) is 0.333. The summed E-state index contributed by atoms with van der Waals surface area (Å²) in [6.45, 7) is -2.06. The number of carbonyl (C=O) groups is 2. The van der Waals surface area contributed by atoms with E-state index in [1.807, 2.05) is 0 Å². The van der Waals surface area contributed by atoms with E-state index in [0.29, 0.717) is 0 Å². The molecular formula is C21H19Cl2F3N2O5S. The number of carbonyl (C=O) groups excluding carboxylic acids is 1. The summed E-state index contributed by atoms with van der Waals surface area (Å²) in [6.07, 6.45) is -5.10.